The number of ether oxygens (including phenoxy) is 1. The van der Waals surface area contributed by atoms with Crippen molar-refractivity contribution >= 4 is 17.4 Å². The molecule has 0 unspecified atom stereocenters. The van der Waals surface area contributed by atoms with Crippen molar-refractivity contribution in [1.29, 1.82) is 0 Å². The maximum atomic E-state index is 12.0. The number of aromatic nitrogens is 1. The van der Waals surface area contributed by atoms with Crippen molar-refractivity contribution in [3.63, 3.8) is 0 Å². The van der Waals surface area contributed by atoms with Crippen molar-refractivity contribution in [2.45, 2.75) is 13.3 Å². The van der Waals surface area contributed by atoms with E-state index in [4.69, 9.17) is 10.5 Å². The van der Waals surface area contributed by atoms with Crippen molar-refractivity contribution in [2.24, 2.45) is 0 Å². The average Bonchev–Trinajstić information content (AvgIpc) is 2.48. The third-order valence-corrected chi connectivity index (χ3v) is 3.39. The molecule has 1 fully saturated rings. The topological polar surface area (TPSA) is 71.7 Å². The first-order valence-electron chi connectivity index (χ1n) is 7.02. The Morgan fingerprint density at radius 2 is 2.10 bits per heavy atom. The largest absolute Gasteiger partial charge is 0.397 e. The number of amides is 1. The van der Waals surface area contributed by atoms with Crippen LogP contribution in [0.25, 0.3) is 0 Å². The van der Waals surface area contributed by atoms with Crippen LogP contribution in [0.5, 0.6) is 0 Å². The molecule has 6 heteroatoms. The molecule has 0 atom stereocenters. The molecule has 2 heterocycles. The highest BCUT2D eigenvalue weighted by Gasteiger charge is 2.21. The van der Waals surface area contributed by atoms with E-state index < -0.39 is 0 Å². The molecule has 1 aromatic heterocycles. The van der Waals surface area contributed by atoms with Crippen molar-refractivity contribution < 1.29 is 9.53 Å². The van der Waals surface area contributed by atoms with Crippen molar-refractivity contribution in [1.82, 2.24) is 9.88 Å². The van der Waals surface area contributed by atoms with E-state index >= 15 is 0 Å². The number of rotatable bonds is 5. The lowest BCUT2D eigenvalue weighted by Crippen LogP contribution is -2.49. The lowest BCUT2D eigenvalue weighted by Gasteiger charge is -2.35. The van der Waals surface area contributed by atoms with Crippen LogP contribution in [0.1, 0.15) is 13.3 Å². The van der Waals surface area contributed by atoms with Gasteiger partial charge in [0.05, 0.1) is 24.9 Å². The Morgan fingerprint density at radius 3 is 2.70 bits per heavy atom. The Morgan fingerprint density at radius 1 is 1.35 bits per heavy atom. The fourth-order valence-corrected chi connectivity index (χ4v) is 2.23. The van der Waals surface area contributed by atoms with Gasteiger partial charge in [0.25, 0.3) is 0 Å². The van der Waals surface area contributed by atoms with E-state index in [0.29, 0.717) is 25.3 Å². The lowest BCUT2D eigenvalue weighted by atomic mass is 10.2. The number of piperazine rings is 1. The predicted octanol–water partition coefficient (Wildman–Crippen LogP) is 0.739. The van der Waals surface area contributed by atoms with Gasteiger partial charge in [0, 0.05) is 32.8 Å². The minimum absolute atomic E-state index is 0.170. The maximum Gasteiger partial charge on any atom is 0.225 e. The second-order valence-corrected chi connectivity index (χ2v) is 4.76. The van der Waals surface area contributed by atoms with Gasteiger partial charge in [-0.25, -0.2) is 4.98 Å². The molecule has 0 aliphatic carbocycles. The van der Waals surface area contributed by atoms with Crippen LogP contribution in [-0.2, 0) is 9.53 Å². The van der Waals surface area contributed by atoms with Crippen molar-refractivity contribution in [3.05, 3.63) is 18.3 Å². The maximum absolute atomic E-state index is 12.0. The van der Waals surface area contributed by atoms with E-state index in [1.165, 1.54) is 0 Å². The molecule has 0 spiro atoms. The highest BCUT2D eigenvalue weighted by Crippen LogP contribution is 2.15. The molecule has 0 saturated carbocycles. The minimum atomic E-state index is 0.170. The van der Waals surface area contributed by atoms with Crippen molar-refractivity contribution in [2.75, 3.05) is 50.0 Å². The van der Waals surface area contributed by atoms with Gasteiger partial charge in [-0.15, -0.1) is 0 Å². The second kappa shape index (κ2) is 7.09. The lowest BCUT2D eigenvalue weighted by molar-refractivity contribution is -0.132. The second-order valence-electron chi connectivity index (χ2n) is 4.76. The molecule has 20 heavy (non-hydrogen) atoms. The van der Waals surface area contributed by atoms with Gasteiger partial charge in [-0.1, -0.05) is 0 Å². The third-order valence-electron chi connectivity index (χ3n) is 3.39. The standard InChI is InChI=1S/C14H22N4O2/c1-2-20-10-5-14(19)18-8-6-17(7-9-18)13-4-3-12(15)11-16-13/h3-4,11H,2,5-10,15H2,1H3. The molecule has 6 nitrogen and oxygen atoms in total. The van der Waals surface area contributed by atoms with Gasteiger partial charge < -0.3 is 20.3 Å². The first kappa shape index (κ1) is 14.6. The highest BCUT2D eigenvalue weighted by atomic mass is 16.5. The number of pyridine rings is 1. The first-order valence-corrected chi connectivity index (χ1v) is 7.02. The molecule has 1 aliphatic heterocycles. The number of hydrogen-bond acceptors (Lipinski definition) is 5. The zero-order chi connectivity index (χ0) is 14.4. The van der Waals surface area contributed by atoms with Crippen LogP contribution in [0, 0.1) is 0 Å². The summed E-state index contributed by atoms with van der Waals surface area (Å²) in [4.78, 5) is 20.3. The van der Waals surface area contributed by atoms with Crippen LogP contribution in [-0.4, -0.2) is 55.2 Å². The number of carbonyl (C=O) groups is 1. The Labute approximate surface area is 119 Å². The smallest absolute Gasteiger partial charge is 0.225 e. The Hall–Kier alpha value is -1.82. The fraction of sp³-hybridized carbons (Fsp3) is 0.571. The number of nitrogens with two attached hydrogens (primary N) is 1. The van der Waals surface area contributed by atoms with E-state index in [1.807, 2.05) is 24.0 Å². The summed E-state index contributed by atoms with van der Waals surface area (Å²) in [5.41, 5.74) is 6.30. The normalized spacial score (nSPS) is 15.4. The predicted molar refractivity (Wildman–Crippen MR) is 78.6 cm³/mol. The number of nitrogen functional groups attached to an aromatic ring is 1. The number of nitrogens with zero attached hydrogens (tertiary/aromatic N) is 3. The summed E-state index contributed by atoms with van der Waals surface area (Å²) in [5, 5.41) is 0. The molecule has 1 amide bonds. The summed E-state index contributed by atoms with van der Waals surface area (Å²) in [6.07, 6.45) is 2.13. The van der Waals surface area contributed by atoms with E-state index in [-0.39, 0.29) is 5.91 Å². The summed E-state index contributed by atoms with van der Waals surface area (Å²) < 4.78 is 5.22. The SMILES string of the molecule is CCOCCC(=O)N1CCN(c2ccc(N)cn2)CC1. The fourth-order valence-electron chi connectivity index (χ4n) is 2.23. The molecule has 0 radical (unpaired) electrons. The van der Waals surface area contributed by atoms with Crippen molar-refractivity contribution in [3.8, 4) is 0 Å². The highest BCUT2D eigenvalue weighted by molar-refractivity contribution is 5.76. The van der Waals surface area contributed by atoms with Gasteiger partial charge in [0.1, 0.15) is 5.82 Å². The summed E-state index contributed by atoms with van der Waals surface area (Å²) in [6.45, 7) is 6.17. The molecular formula is C14H22N4O2. The van der Waals surface area contributed by atoms with Crippen LogP contribution in [0.3, 0.4) is 0 Å². The minimum Gasteiger partial charge on any atom is -0.397 e. The molecule has 110 valence electrons. The Kier molecular flexibility index (Phi) is 5.17. The van der Waals surface area contributed by atoms with E-state index in [9.17, 15) is 4.79 Å². The molecule has 1 aromatic rings. The van der Waals surface area contributed by atoms with Gasteiger partial charge in [0.15, 0.2) is 0 Å². The Balaban J connectivity index is 1.80. The van der Waals surface area contributed by atoms with Crippen LogP contribution in [0.4, 0.5) is 11.5 Å². The number of anilines is 2. The average molecular weight is 278 g/mol. The summed E-state index contributed by atoms with van der Waals surface area (Å²) in [5.74, 6) is 1.09. The van der Waals surface area contributed by atoms with Crippen LogP contribution in [0.2, 0.25) is 0 Å². The molecular weight excluding hydrogens is 256 g/mol. The van der Waals surface area contributed by atoms with E-state index in [1.54, 1.807) is 6.20 Å². The van der Waals surface area contributed by atoms with Gasteiger partial charge in [-0.05, 0) is 19.1 Å². The van der Waals surface area contributed by atoms with Crippen LogP contribution < -0.4 is 10.6 Å². The molecule has 2 rings (SSSR count). The molecule has 2 N–H and O–H groups in total. The van der Waals surface area contributed by atoms with Crippen LogP contribution in [0.15, 0.2) is 18.3 Å². The third kappa shape index (κ3) is 3.84. The first-order chi connectivity index (χ1) is 9.70. The quantitative estimate of drug-likeness (QED) is 0.804. The summed E-state index contributed by atoms with van der Waals surface area (Å²) in [6, 6.07) is 3.77. The molecule has 1 aliphatic rings. The monoisotopic (exact) mass is 278 g/mol. The van der Waals surface area contributed by atoms with Gasteiger partial charge >= 0.3 is 0 Å². The number of carbonyl (C=O) groups excluding carboxylic acids is 1. The van der Waals surface area contributed by atoms with E-state index in [0.717, 1.165) is 32.0 Å². The zero-order valence-corrected chi connectivity index (χ0v) is 11.9. The van der Waals surface area contributed by atoms with Gasteiger partial charge in [-0.2, -0.15) is 0 Å². The Bertz CT molecular complexity index is 427. The molecule has 0 bridgehead atoms. The van der Waals surface area contributed by atoms with Gasteiger partial charge in [0.2, 0.25) is 5.91 Å². The molecule has 1 saturated heterocycles. The summed E-state index contributed by atoms with van der Waals surface area (Å²) >= 11 is 0. The van der Waals surface area contributed by atoms with Gasteiger partial charge in [-0.3, -0.25) is 4.79 Å². The molecule has 0 aromatic carbocycles. The number of hydrogen-bond donors (Lipinski definition) is 1. The van der Waals surface area contributed by atoms with E-state index in [2.05, 4.69) is 9.88 Å². The zero-order valence-electron chi connectivity index (χ0n) is 11.9. The van der Waals surface area contributed by atoms with Crippen LogP contribution >= 0.6 is 0 Å². The summed E-state index contributed by atoms with van der Waals surface area (Å²) in [7, 11) is 0.